The molecule has 4 aromatic carbocycles. The Bertz CT molecular complexity index is 1020. The lowest BCUT2D eigenvalue weighted by Gasteiger charge is -2.25. The molecule has 30 heavy (non-hydrogen) atoms. The van der Waals surface area contributed by atoms with Gasteiger partial charge in [0.25, 0.3) is 0 Å². The molecule has 150 valence electrons. The largest absolute Gasteiger partial charge is 0.384 e. The van der Waals surface area contributed by atoms with Gasteiger partial charge in [-0.15, -0.1) is 0 Å². The van der Waals surface area contributed by atoms with Gasteiger partial charge in [-0.1, -0.05) is 109 Å². The first-order valence-corrected chi connectivity index (χ1v) is 9.98. The van der Waals surface area contributed by atoms with E-state index in [-0.39, 0.29) is 0 Å². The molecule has 3 atom stereocenters. The highest BCUT2D eigenvalue weighted by Crippen LogP contribution is 2.38. The topological polar surface area (TPSA) is 60.7 Å². The predicted molar refractivity (Wildman–Crippen MR) is 118 cm³/mol. The molecule has 0 saturated heterocycles. The Morgan fingerprint density at radius 3 is 1.07 bits per heavy atom. The van der Waals surface area contributed by atoms with E-state index in [1.807, 2.05) is 97.1 Å². The van der Waals surface area contributed by atoms with Gasteiger partial charge in [-0.25, -0.2) is 0 Å². The summed E-state index contributed by atoms with van der Waals surface area (Å²) in [5, 5.41) is 33.6. The zero-order valence-electron chi connectivity index (χ0n) is 16.5. The van der Waals surface area contributed by atoms with Crippen molar-refractivity contribution in [2.75, 3.05) is 0 Å². The van der Waals surface area contributed by atoms with Crippen LogP contribution in [0, 0.1) is 0 Å². The first-order valence-electron chi connectivity index (χ1n) is 9.98. The summed E-state index contributed by atoms with van der Waals surface area (Å²) in [5.74, 6) is 0. The van der Waals surface area contributed by atoms with E-state index in [2.05, 4.69) is 0 Å². The second-order valence-electron chi connectivity index (χ2n) is 7.29. The first kappa shape index (κ1) is 20.0. The highest BCUT2D eigenvalue weighted by Gasteiger charge is 2.26. The fourth-order valence-corrected chi connectivity index (χ4v) is 3.83. The molecule has 0 aliphatic rings. The fraction of sp³-hybridized carbons (Fsp3) is 0.111. The number of aliphatic hydroxyl groups is 3. The summed E-state index contributed by atoms with van der Waals surface area (Å²) in [6.45, 7) is 0. The van der Waals surface area contributed by atoms with E-state index in [0.717, 1.165) is 11.1 Å². The third-order valence-electron chi connectivity index (χ3n) is 5.38. The van der Waals surface area contributed by atoms with Crippen LogP contribution in [0.5, 0.6) is 0 Å². The van der Waals surface area contributed by atoms with Crippen molar-refractivity contribution in [3.8, 4) is 0 Å². The Morgan fingerprint density at radius 2 is 0.700 bits per heavy atom. The van der Waals surface area contributed by atoms with Crippen molar-refractivity contribution in [3.05, 3.63) is 143 Å². The van der Waals surface area contributed by atoms with Gasteiger partial charge < -0.3 is 15.3 Å². The molecule has 0 heterocycles. The zero-order chi connectivity index (χ0) is 20.9. The minimum atomic E-state index is -0.992. The minimum absolute atomic E-state index is 0.524. The third-order valence-corrected chi connectivity index (χ3v) is 5.38. The monoisotopic (exact) mass is 396 g/mol. The normalized spacial score (nSPS) is 14.1. The summed E-state index contributed by atoms with van der Waals surface area (Å²) in [6.07, 6.45) is -2.85. The second kappa shape index (κ2) is 9.06. The van der Waals surface area contributed by atoms with E-state index in [1.54, 1.807) is 12.1 Å². The van der Waals surface area contributed by atoms with Crippen LogP contribution in [-0.2, 0) is 0 Å². The van der Waals surface area contributed by atoms with Crippen molar-refractivity contribution in [2.24, 2.45) is 0 Å². The Kier molecular flexibility index (Phi) is 6.05. The molecule has 0 aromatic heterocycles. The fourth-order valence-electron chi connectivity index (χ4n) is 3.83. The summed E-state index contributed by atoms with van der Waals surface area (Å²) in [7, 11) is 0. The molecule has 0 radical (unpaired) electrons. The van der Waals surface area contributed by atoms with Crippen molar-refractivity contribution in [1.29, 1.82) is 0 Å². The average Bonchev–Trinajstić information content (AvgIpc) is 2.84. The van der Waals surface area contributed by atoms with Crippen LogP contribution in [0.25, 0.3) is 0 Å². The standard InChI is InChI=1S/C27H24O3/c28-25(19-11-4-1-5-12-19)22-17-10-18-23(26(29)20-13-6-2-7-14-20)24(22)27(30)21-15-8-3-9-16-21/h1-18,25-30H. The molecule has 3 N–H and O–H groups in total. The van der Waals surface area contributed by atoms with Gasteiger partial charge >= 0.3 is 0 Å². The number of hydrogen-bond donors (Lipinski definition) is 3. The van der Waals surface area contributed by atoms with Crippen molar-refractivity contribution in [1.82, 2.24) is 0 Å². The van der Waals surface area contributed by atoms with E-state index >= 15 is 0 Å². The van der Waals surface area contributed by atoms with Crippen LogP contribution >= 0.6 is 0 Å². The Balaban J connectivity index is 1.88. The summed E-state index contributed by atoms with van der Waals surface area (Å²) < 4.78 is 0. The zero-order valence-corrected chi connectivity index (χ0v) is 16.5. The molecule has 3 heteroatoms. The maximum absolute atomic E-state index is 11.3. The maximum Gasteiger partial charge on any atom is 0.105 e. The molecule has 4 aromatic rings. The van der Waals surface area contributed by atoms with E-state index in [1.165, 1.54) is 0 Å². The molecule has 0 aliphatic carbocycles. The number of benzene rings is 4. The second-order valence-corrected chi connectivity index (χ2v) is 7.29. The van der Waals surface area contributed by atoms with Crippen molar-refractivity contribution < 1.29 is 15.3 Å². The first-order chi connectivity index (χ1) is 14.7. The van der Waals surface area contributed by atoms with E-state index < -0.39 is 18.3 Å². The molecule has 0 saturated carbocycles. The van der Waals surface area contributed by atoms with Gasteiger partial charge in [0.1, 0.15) is 18.3 Å². The Hall–Kier alpha value is -3.24. The van der Waals surface area contributed by atoms with Crippen molar-refractivity contribution in [2.45, 2.75) is 18.3 Å². The Labute approximate surface area is 176 Å². The predicted octanol–water partition coefficient (Wildman–Crippen LogP) is 4.93. The number of hydrogen-bond acceptors (Lipinski definition) is 3. The molecule has 0 aliphatic heterocycles. The van der Waals surface area contributed by atoms with E-state index in [9.17, 15) is 15.3 Å². The van der Waals surface area contributed by atoms with Gasteiger partial charge in [0, 0.05) is 0 Å². The molecular weight excluding hydrogens is 372 g/mol. The maximum atomic E-state index is 11.3. The molecular formula is C27H24O3. The summed E-state index contributed by atoms with van der Waals surface area (Å²) >= 11 is 0. The van der Waals surface area contributed by atoms with Gasteiger partial charge in [-0.2, -0.15) is 0 Å². The van der Waals surface area contributed by atoms with Crippen molar-refractivity contribution in [3.63, 3.8) is 0 Å². The highest BCUT2D eigenvalue weighted by atomic mass is 16.3. The van der Waals surface area contributed by atoms with Gasteiger partial charge in [0.2, 0.25) is 0 Å². The van der Waals surface area contributed by atoms with Crippen LogP contribution < -0.4 is 0 Å². The third kappa shape index (κ3) is 4.05. The van der Waals surface area contributed by atoms with Crippen LogP contribution in [0.4, 0.5) is 0 Å². The highest BCUT2D eigenvalue weighted by molar-refractivity contribution is 5.48. The minimum Gasteiger partial charge on any atom is -0.384 e. The lowest BCUT2D eigenvalue weighted by molar-refractivity contribution is 0.184. The molecule has 3 unspecified atom stereocenters. The van der Waals surface area contributed by atoms with E-state index in [0.29, 0.717) is 22.3 Å². The molecule has 0 bridgehead atoms. The molecule has 0 amide bonds. The van der Waals surface area contributed by atoms with Crippen LogP contribution in [0.1, 0.15) is 51.7 Å². The van der Waals surface area contributed by atoms with Gasteiger partial charge in [0.05, 0.1) is 0 Å². The molecule has 0 spiro atoms. The van der Waals surface area contributed by atoms with Crippen LogP contribution in [0.3, 0.4) is 0 Å². The van der Waals surface area contributed by atoms with E-state index in [4.69, 9.17) is 0 Å². The molecule has 4 rings (SSSR count). The van der Waals surface area contributed by atoms with Crippen LogP contribution in [-0.4, -0.2) is 15.3 Å². The lowest BCUT2D eigenvalue weighted by atomic mass is 9.85. The average molecular weight is 396 g/mol. The quantitative estimate of drug-likeness (QED) is 0.433. The molecule has 3 nitrogen and oxygen atoms in total. The molecule has 0 fully saturated rings. The van der Waals surface area contributed by atoms with Crippen molar-refractivity contribution >= 4 is 0 Å². The summed E-state index contributed by atoms with van der Waals surface area (Å²) in [6, 6.07) is 33.4. The van der Waals surface area contributed by atoms with Crippen LogP contribution in [0.2, 0.25) is 0 Å². The number of aliphatic hydroxyl groups excluding tert-OH is 3. The lowest BCUT2D eigenvalue weighted by Crippen LogP contribution is -2.14. The smallest absolute Gasteiger partial charge is 0.105 e. The number of rotatable bonds is 6. The van der Waals surface area contributed by atoms with Gasteiger partial charge in [0.15, 0.2) is 0 Å². The SMILES string of the molecule is OC(c1ccccc1)c1cccc(C(O)c2ccccc2)c1C(O)c1ccccc1. The Morgan fingerprint density at radius 1 is 0.367 bits per heavy atom. The summed E-state index contributed by atoms with van der Waals surface area (Å²) in [5.41, 5.74) is 3.83. The van der Waals surface area contributed by atoms with Crippen LogP contribution in [0.15, 0.2) is 109 Å². The van der Waals surface area contributed by atoms with Gasteiger partial charge in [-0.3, -0.25) is 0 Å². The van der Waals surface area contributed by atoms with Gasteiger partial charge in [-0.05, 0) is 33.4 Å². The summed E-state index contributed by atoms with van der Waals surface area (Å²) in [4.78, 5) is 0.